The molecule has 4 rings (SSSR count). The summed E-state index contributed by atoms with van der Waals surface area (Å²) >= 11 is 9.66. The third kappa shape index (κ3) is 2.89. The lowest BCUT2D eigenvalue weighted by atomic mass is 10.1. The smallest absolute Gasteiger partial charge is 0.241 e. The van der Waals surface area contributed by atoms with Crippen molar-refractivity contribution in [2.75, 3.05) is 7.11 Å². The van der Waals surface area contributed by atoms with Crippen LogP contribution >= 0.6 is 27.5 Å². The summed E-state index contributed by atoms with van der Waals surface area (Å²) < 4.78 is 13.5. The molecule has 0 N–H and O–H groups in total. The van der Waals surface area contributed by atoms with Crippen molar-refractivity contribution in [3.8, 4) is 11.6 Å². The highest BCUT2D eigenvalue weighted by atomic mass is 79.9. The Labute approximate surface area is 157 Å². The van der Waals surface area contributed by atoms with E-state index in [-0.39, 0.29) is 0 Å². The van der Waals surface area contributed by atoms with Crippen molar-refractivity contribution >= 4 is 39.1 Å². The average molecular weight is 420 g/mol. The molecule has 0 unspecified atom stereocenters. The Kier molecular flexibility index (Phi) is 4.19. The van der Waals surface area contributed by atoms with E-state index in [1.54, 1.807) is 30.1 Å². The lowest BCUT2D eigenvalue weighted by Crippen LogP contribution is -2.17. The molecule has 1 aliphatic heterocycles. The van der Waals surface area contributed by atoms with Gasteiger partial charge in [0.2, 0.25) is 5.90 Å². The second-order valence-electron chi connectivity index (χ2n) is 5.25. The normalized spacial score (nSPS) is 13.0. The molecule has 1 aliphatic rings. The molecule has 0 atom stereocenters. The number of hydrogen-bond acceptors (Lipinski definition) is 5. The quantitative estimate of drug-likeness (QED) is 0.635. The van der Waals surface area contributed by atoms with Gasteiger partial charge < -0.3 is 9.47 Å². The van der Waals surface area contributed by atoms with Crippen LogP contribution in [0.2, 0.25) is 5.02 Å². The van der Waals surface area contributed by atoms with Crippen molar-refractivity contribution in [1.82, 2.24) is 14.8 Å². The molecule has 126 valence electrons. The van der Waals surface area contributed by atoms with Crippen LogP contribution in [0.5, 0.6) is 5.75 Å². The van der Waals surface area contributed by atoms with Gasteiger partial charge in [0, 0.05) is 17.8 Å². The Morgan fingerprint density at radius 3 is 2.96 bits per heavy atom. The van der Waals surface area contributed by atoms with Gasteiger partial charge in [0.15, 0.2) is 5.82 Å². The number of rotatable bonds is 3. The van der Waals surface area contributed by atoms with Crippen molar-refractivity contribution in [2.45, 2.75) is 6.61 Å². The van der Waals surface area contributed by atoms with Gasteiger partial charge in [-0.05, 0) is 34.1 Å². The summed E-state index contributed by atoms with van der Waals surface area (Å²) in [5.41, 5.74) is 2.36. The van der Waals surface area contributed by atoms with Gasteiger partial charge in [0.25, 0.3) is 0 Å². The zero-order valence-corrected chi connectivity index (χ0v) is 15.5. The first-order chi connectivity index (χ1) is 12.2. The summed E-state index contributed by atoms with van der Waals surface area (Å²) in [6.07, 6.45) is 1.66. The molecule has 1 aromatic carbocycles. The summed E-state index contributed by atoms with van der Waals surface area (Å²) in [4.78, 5) is 8.94. The molecule has 0 radical (unpaired) electrons. The van der Waals surface area contributed by atoms with Crippen LogP contribution in [0, 0.1) is 0 Å². The molecule has 0 spiro atoms. The molecule has 3 heterocycles. The Bertz CT molecular complexity index is 987. The lowest BCUT2D eigenvalue weighted by Gasteiger charge is -2.19. The van der Waals surface area contributed by atoms with E-state index in [2.05, 4.69) is 31.0 Å². The fourth-order valence-corrected chi connectivity index (χ4v) is 3.16. The van der Waals surface area contributed by atoms with E-state index in [0.29, 0.717) is 39.4 Å². The van der Waals surface area contributed by atoms with Crippen molar-refractivity contribution in [2.24, 2.45) is 4.99 Å². The molecule has 6 nitrogen and oxygen atoms in total. The van der Waals surface area contributed by atoms with Gasteiger partial charge in [-0.2, -0.15) is 5.10 Å². The summed E-state index contributed by atoms with van der Waals surface area (Å²) in [6.45, 7) is 0.393. The van der Waals surface area contributed by atoms with Gasteiger partial charge in [-0.3, -0.25) is 0 Å². The molecule has 0 amide bonds. The Balaban J connectivity index is 1.87. The molecule has 0 saturated carbocycles. The number of hydrogen-bond donors (Lipinski definition) is 0. The van der Waals surface area contributed by atoms with Crippen LogP contribution in [0.3, 0.4) is 0 Å². The van der Waals surface area contributed by atoms with Gasteiger partial charge in [-0.15, -0.1) is 0 Å². The number of benzene rings is 1. The van der Waals surface area contributed by atoms with E-state index in [9.17, 15) is 0 Å². The second kappa shape index (κ2) is 6.50. The van der Waals surface area contributed by atoms with Crippen molar-refractivity contribution in [1.29, 1.82) is 0 Å². The fraction of sp³-hybridized carbons (Fsp3) is 0.118. The van der Waals surface area contributed by atoms with E-state index in [1.165, 1.54) is 0 Å². The fourth-order valence-electron chi connectivity index (χ4n) is 2.59. The summed E-state index contributed by atoms with van der Waals surface area (Å²) in [6, 6.07) is 11.1. The maximum absolute atomic E-state index is 6.27. The molecule has 0 bridgehead atoms. The third-order valence-corrected chi connectivity index (χ3v) is 4.40. The summed E-state index contributed by atoms with van der Waals surface area (Å²) in [5.74, 6) is 1.62. The maximum Gasteiger partial charge on any atom is 0.241 e. The van der Waals surface area contributed by atoms with E-state index < -0.39 is 0 Å². The number of aliphatic imine (C=N–C) groups is 1. The number of ether oxygens (including phenoxy) is 2. The first-order valence-electron chi connectivity index (χ1n) is 7.41. The first kappa shape index (κ1) is 16.1. The highest BCUT2D eigenvalue weighted by molar-refractivity contribution is 9.10. The Hall–Kier alpha value is -2.38. The van der Waals surface area contributed by atoms with Crippen LogP contribution in [-0.4, -0.2) is 27.8 Å². The van der Waals surface area contributed by atoms with Gasteiger partial charge >= 0.3 is 0 Å². The molecule has 0 aliphatic carbocycles. The van der Waals surface area contributed by atoms with E-state index >= 15 is 0 Å². The zero-order valence-electron chi connectivity index (χ0n) is 13.1. The van der Waals surface area contributed by atoms with E-state index in [0.717, 1.165) is 11.3 Å². The minimum absolute atomic E-state index is 0.393. The summed E-state index contributed by atoms with van der Waals surface area (Å²) in [7, 11) is 1.62. The van der Waals surface area contributed by atoms with Crippen LogP contribution in [0.25, 0.3) is 5.82 Å². The second-order valence-corrected chi connectivity index (χ2v) is 6.47. The lowest BCUT2D eigenvalue weighted by molar-refractivity contribution is 0.285. The molecular formula is C17H12BrClN4O2. The van der Waals surface area contributed by atoms with Crippen LogP contribution in [0.1, 0.15) is 11.3 Å². The third-order valence-electron chi connectivity index (χ3n) is 3.72. The number of para-hydroxylation sites is 1. The minimum atomic E-state index is 0.393. The largest absolute Gasteiger partial charge is 0.494 e. The molecule has 25 heavy (non-hydrogen) atoms. The number of nitrogens with zero attached hydrogens (tertiary/aromatic N) is 4. The van der Waals surface area contributed by atoms with E-state index in [1.807, 2.05) is 24.3 Å². The molecule has 3 aromatic rings. The van der Waals surface area contributed by atoms with Crippen LogP contribution < -0.4 is 4.74 Å². The topological polar surface area (TPSA) is 61.5 Å². The predicted molar refractivity (Wildman–Crippen MR) is 98.0 cm³/mol. The van der Waals surface area contributed by atoms with Crippen molar-refractivity contribution in [3.63, 3.8) is 0 Å². The zero-order chi connectivity index (χ0) is 17.4. The van der Waals surface area contributed by atoms with Gasteiger partial charge in [0.1, 0.15) is 28.3 Å². The molecule has 0 saturated heterocycles. The van der Waals surface area contributed by atoms with Gasteiger partial charge in [-0.1, -0.05) is 23.7 Å². The summed E-state index contributed by atoms with van der Waals surface area (Å²) in [5, 5.41) is 4.89. The number of halogens is 2. The van der Waals surface area contributed by atoms with Crippen LogP contribution in [0.15, 0.2) is 52.2 Å². The first-order valence-corrected chi connectivity index (χ1v) is 8.58. The monoisotopic (exact) mass is 418 g/mol. The van der Waals surface area contributed by atoms with E-state index in [4.69, 9.17) is 21.1 Å². The van der Waals surface area contributed by atoms with Crippen LogP contribution in [-0.2, 0) is 11.3 Å². The molecule has 2 aromatic heterocycles. The number of methoxy groups -OCH3 is 1. The standard InChI is InChI=1S/C17H12BrClN4O2/c1-24-13-6-2-4-10-9-25-17(21-15(10)13)12-8-14(18)22-23(12)16-11(19)5-3-7-20-16/h2-8H,9H2,1H3. The predicted octanol–water partition coefficient (Wildman–Crippen LogP) is 4.30. The van der Waals surface area contributed by atoms with Crippen LogP contribution in [0.4, 0.5) is 5.69 Å². The highest BCUT2D eigenvalue weighted by Crippen LogP contribution is 2.36. The highest BCUT2D eigenvalue weighted by Gasteiger charge is 2.23. The van der Waals surface area contributed by atoms with Gasteiger partial charge in [-0.25, -0.2) is 14.7 Å². The Morgan fingerprint density at radius 2 is 2.16 bits per heavy atom. The van der Waals surface area contributed by atoms with Crippen molar-refractivity contribution < 1.29 is 9.47 Å². The SMILES string of the molecule is COc1cccc2c1N=C(c1cc(Br)nn1-c1ncccc1Cl)OC2. The maximum atomic E-state index is 6.27. The average Bonchev–Trinajstić information content (AvgIpc) is 3.02. The number of fused-ring (bicyclic) bond motifs is 1. The molecular weight excluding hydrogens is 408 g/mol. The number of aromatic nitrogens is 3. The van der Waals surface area contributed by atoms with Crippen molar-refractivity contribution in [3.05, 3.63) is 63.5 Å². The molecule has 0 fully saturated rings. The molecule has 8 heteroatoms. The Morgan fingerprint density at radius 1 is 1.28 bits per heavy atom. The number of pyridine rings is 1. The minimum Gasteiger partial charge on any atom is -0.494 e. The van der Waals surface area contributed by atoms with Gasteiger partial charge in [0.05, 0.1) is 12.1 Å².